The van der Waals surface area contributed by atoms with Crippen molar-refractivity contribution < 1.29 is 18.9 Å². The minimum atomic E-state index is -0.225. The second kappa shape index (κ2) is 7.20. The van der Waals surface area contributed by atoms with Crippen LogP contribution in [-0.2, 0) is 11.2 Å². The summed E-state index contributed by atoms with van der Waals surface area (Å²) < 4.78 is 22.4. The number of rotatable bonds is 6. The first kappa shape index (κ1) is 14.7. The molecule has 1 fully saturated rings. The smallest absolute Gasteiger partial charge is 0.206 e. The third-order valence-electron chi connectivity index (χ3n) is 3.29. The predicted molar refractivity (Wildman–Crippen MR) is 77.7 cm³/mol. The molecule has 0 amide bonds. The molecule has 1 aliphatic rings. The van der Waals surface area contributed by atoms with Gasteiger partial charge in [-0.25, -0.2) is 0 Å². The Kier molecular flexibility index (Phi) is 5.30. The van der Waals surface area contributed by atoms with Gasteiger partial charge in [-0.05, 0) is 37.0 Å². The third-order valence-corrected chi connectivity index (χ3v) is 3.29. The van der Waals surface area contributed by atoms with Crippen molar-refractivity contribution in [3.05, 3.63) is 30.4 Å². The van der Waals surface area contributed by atoms with E-state index in [9.17, 15) is 0 Å². The van der Waals surface area contributed by atoms with Gasteiger partial charge in [0.05, 0.1) is 20.8 Å². The van der Waals surface area contributed by atoms with Crippen molar-refractivity contribution in [1.82, 2.24) is 0 Å². The first-order chi connectivity index (χ1) is 9.78. The van der Waals surface area contributed by atoms with Gasteiger partial charge in [0.1, 0.15) is 0 Å². The average Bonchev–Trinajstić information content (AvgIpc) is 2.49. The van der Waals surface area contributed by atoms with Crippen molar-refractivity contribution in [1.29, 1.82) is 0 Å². The molecule has 1 heterocycles. The van der Waals surface area contributed by atoms with Crippen LogP contribution in [0.2, 0.25) is 0 Å². The summed E-state index contributed by atoms with van der Waals surface area (Å²) in [7, 11) is 3.25. The van der Waals surface area contributed by atoms with Crippen molar-refractivity contribution in [3.8, 4) is 17.2 Å². The van der Waals surface area contributed by atoms with E-state index in [2.05, 4.69) is 6.58 Å². The molecule has 4 heteroatoms. The number of allylic oxidation sites excluding steroid dienone is 1. The molecule has 1 aromatic carbocycles. The standard InChI is InChI=1S/C16H22O4/c1-4-7-12-10-13(17-2)16(14(11-12)18-3)20-15-8-5-6-9-19-15/h4,10-11,15H,1,5-9H2,2-3H3. The number of ether oxygens (including phenoxy) is 4. The van der Waals surface area contributed by atoms with E-state index in [0.717, 1.165) is 37.9 Å². The normalized spacial score (nSPS) is 18.4. The van der Waals surface area contributed by atoms with Gasteiger partial charge >= 0.3 is 0 Å². The SMILES string of the molecule is C=CCc1cc(OC)c(OC2CCCCO2)c(OC)c1. The Morgan fingerprint density at radius 2 is 1.95 bits per heavy atom. The second-order valence-electron chi connectivity index (χ2n) is 4.74. The minimum absolute atomic E-state index is 0.225. The van der Waals surface area contributed by atoms with Gasteiger partial charge in [-0.3, -0.25) is 0 Å². The molecule has 1 atom stereocenters. The van der Waals surface area contributed by atoms with E-state index in [-0.39, 0.29) is 6.29 Å². The van der Waals surface area contributed by atoms with Gasteiger partial charge in [-0.15, -0.1) is 6.58 Å². The summed E-state index contributed by atoms with van der Waals surface area (Å²) in [6.45, 7) is 4.49. The second-order valence-corrected chi connectivity index (χ2v) is 4.74. The molecule has 1 aliphatic heterocycles. The van der Waals surface area contributed by atoms with Crippen LogP contribution in [-0.4, -0.2) is 27.1 Å². The van der Waals surface area contributed by atoms with Gasteiger partial charge in [-0.1, -0.05) is 6.08 Å². The largest absolute Gasteiger partial charge is 0.493 e. The van der Waals surface area contributed by atoms with E-state index in [1.165, 1.54) is 0 Å². The lowest BCUT2D eigenvalue weighted by Crippen LogP contribution is -2.25. The Balaban J connectivity index is 2.26. The monoisotopic (exact) mass is 278 g/mol. The van der Waals surface area contributed by atoms with Crippen LogP contribution in [0, 0.1) is 0 Å². The summed E-state index contributed by atoms with van der Waals surface area (Å²) in [4.78, 5) is 0. The van der Waals surface area contributed by atoms with Gasteiger partial charge in [0.15, 0.2) is 17.8 Å². The molecule has 0 saturated carbocycles. The number of hydrogen-bond donors (Lipinski definition) is 0. The summed E-state index contributed by atoms with van der Waals surface area (Å²) in [5, 5.41) is 0. The summed E-state index contributed by atoms with van der Waals surface area (Å²) >= 11 is 0. The van der Waals surface area contributed by atoms with Crippen LogP contribution >= 0.6 is 0 Å². The molecular weight excluding hydrogens is 256 g/mol. The number of benzene rings is 1. The van der Waals surface area contributed by atoms with Gasteiger partial charge in [0.25, 0.3) is 0 Å². The Bertz CT molecular complexity index is 425. The first-order valence-electron chi connectivity index (χ1n) is 6.92. The average molecular weight is 278 g/mol. The topological polar surface area (TPSA) is 36.9 Å². The van der Waals surface area contributed by atoms with Crippen molar-refractivity contribution in [2.45, 2.75) is 32.0 Å². The number of methoxy groups -OCH3 is 2. The van der Waals surface area contributed by atoms with Crippen molar-refractivity contribution >= 4 is 0 Å². The zero-order valence-corrected chi connectivity index (χ0v) is 12.2. The maximum atomic E-state index is 5.93. The van der Waals surface area contributed by atoms with E-state index in [0.29, 0.717) is 17.2 Å². The fourth-order valence-corrected chi connectivity index (χ4v) is 2.27. The van der Waals surface area contributed by atoms with E-state index in [1.54, 1.807) is 14.2 Å². The van der Waals surface area contributed by atoms with Crippen LogP contribution in [0.15, 0.2) is 24.8 Å². The molecule has 0 N–H and O–H groups in total. The molecule has 0 spiro atoms. The summed E-state index contributed by atoms with van der Waals surface area (Å²) in [5.74, 6) is 1.93. The highest BCUT2D eigenvalue weighted by atomic mass is 16.7. The van der Waals surface area contributed by atoms with Gasteiger partial charge in [-0.2, -0.15) is 0 Å². The van der Waals surface area contributed by atoms with E-state index >= 15 is 0 Å². The molecule has 0 bridgehead atoms. The molecule has 110 valence electrons. The molecule has 20 heavy (non-hydrogen) atoms. The van der Waals surface area contributed by atoms with Crippen molar-refractivity contribution in [2.75, 3.05) is 20.8 Å². The fraction of sp³-hybridized carbons (Fsp3) is 0.500. The predicted octanol–water partition coefficient (Wildman–Crippen LogP) is 3.34. The highest BCUT2D eigenvalue weighted by Gasteiger charge is 2.21. The van der Waals surface area contributed by atoms with Crippen LogP contribution in [0.1, 0.15) is 24.8 Å². The minimum Gasteiger partial charge on any atom is -0.493 e. The third kappa shape index (κ3) is 3.45. The van der Waals surface area contributed by atoms with Crippen LogP contribution in [0.4, 0.5) is 0 Å². The Hall–Kier alpha value is -1.68. The van der Waals surface area contributed by atoms with Crippen LogP contribution < -0.4 is 14.2 Å². The summed E-state index contributed by atoms with van der Waals surface area (Å²) in [6, 6.07) is 3.89. The quantitative estimate of drug-likeness (QED) is 0.748. The molecule has 1 saturated heterocycles. The van der Waals surface area contributed by atoms with Crippen LogP contribution in [0.3, 0.4) is 0 Å². The molecule has 0 aliphatic carbocycles. The summed E-state index contributed by atoms with van der Waals surface area (Å²) in [5.41, 5.74) is 1.07. The van der Waals surface area contributed by atoms with Gasteiger partial charge in [0, 0.05) is 6.42 Å². The molecule has 2 rings (SSSR count). The highest BCUT2D eigenvalue weighted by Crippen LogP contribution is 2.40. The van der Waals surface area contributed by atoms with Crippen molar-refractivity contribution in [2.24, 2.45) is 0 Å². The zero-order chi connectivity index (χ0) is 14.4. The first-order valence-corrected chi connectivity index (χ1v) is 6.92. The highest BCUT2D eigenvalue weighted by molar-refractivity contribution is 5.54. The Morgan fingerprint density at radius 1 is 1.25 bits per heavy atom. The van der Waals surface area contributed by atoms with E-state index in [4.69, 9.17) is 18.9 Å². The molecular formula is C16H22O4. The van der Waals surface area contributed by atoms with Crippen LogP contribution in [0.25, 0.3) is 0 Å². The Labute approximate surface area is 120 Å². The number of hydrogen-bond acceptors (Lipinski definition) is 4. The molecule has 4 nitrogen and oxygen atoms in total. The molecule has 1 unspecified atom stereocenters. The molecule has 0 aromatic heterocycles. The lowest BCUT2D eigenvalue weighted by atomic mass is 10.1. The van der Waals surface area contributed by atoms with E-state index in [1.807, 2.05) is 18.2 Å². The zero-order valence-electron chi connectivity index (χ0n) is 12.2. The maximum Gasteiger partial charge on any atom is 0.206 e. The van der Waals surface area contributed by atoms with E-state index < -0.39 is 0 Å². The van der Waals surface area contributed by atoms with Crippen molar-refractivity contribution in [3.63, 3.8) is 0 Å². The van der Waals surface area contributed by atoms with Crippen LogP contribution in [0.5, 0.6) is 17.2 Å². The maximum absolute atomic E-state index is 5.93. The Morgan fingerprint density at radius 3 is 2.45 bits per heavy atom. The van der Waals surface area contributed by atoms with Gasteiger partial charge < -0.3 is 18.9 Å². The van der Waals surface area contributed by atoms with Gasteiger partial charge in [0.2, 0.25) is 5.75 Å². The molecule has 1 aromatic rings. The summed E-state index contributed by atoms with van der Waals surface area (Å²) in [6.07, 6.45) is 5.47. The lowest BCUT2D eigenvalue weighted by molar-refractivity contribution is -0.107. The molecule has 0 radical (unpaired) electrons. The lowest BCUT2D eigenvalue weighted by Gasteiger charge is -2.25. The fourth-order valence-electron chi connectivity index (χ4n) is 2.27.